The van der Waals surface area contributed by atoms with Gasteiger partial charge >= 0.3 is 0 Å². The number of aromatic nitrogens is 4. The molecule has 31 heavy (non-hydrogen) atoms. The maximum Gasteiger partial charge on any atom is 0.274 e. The van der Waals surface area contributed by atoms with E-state index < -0.39 is 0 Å². The summed E-state index contributed by atoms with van der Waals surface area (Å²) in [7, 11) is 1.60. The van der Waals surface area contributed by atoms with Crippen LogP contribution < -0.4 is 10.1 Å². The van der Waals surface area contributed by atoms with Crippen LogP contribution in [0.25, 0.3) is 11.3 Å². The van der Waals surface area contributed by atoms with Gasteiger partial charge in [0.05, 0.1) is 19.3 Å². The van der Waals surface area contributed by atoms with Gasteiger partial charge in [-0.25, -0.2) is 0 Å². The van der Waals surface area contributed by atoms with Gasteiger partial charge in [0.25, 0.3) is 5.91 Å². The number of carbonyl (C=O) groups excluding carboxylic acids is 1. The summed E-state index contributed by atoms with van der Waals surface area (Å²) in [6.45, 7) is 2.37. The van der Waals surface area contributed by atoms with Crippen molar-refractivity contribution in [3.63, 3.8) is 0 Å². The quantitative estimate of drug-likeness (QED) is 0.418. The lowest BCUT2D eigenvalue weighted by Crippen LogP contribution is -2.13. The third kappa shape index (κ3) is 4.73. The second-order valence-corrected chi connectivity index (χ2v) is 7.76. The number of H-pyrrole nitrogens is 1. The molecular weight excluding hydrogens is 437 g/mol. The predicted octanol–water partition coefficient (Wildman–Crippen LogP) is 5.20. The second-order valence-electron chi connectivity index (χ2n) is 6.92. The molecule has 4 aromatic rings. The third-order valence-corrected chi connectivity index (χ3v) is 5.33. The SMILES string of the molecule is COc1cccc(-c2cc(C(=O)Nc3cc(C)n(Cc4ccc(Cl)cc4Cl)n3)[nH]n2)c1. The van der Waals surface area contributed by atoms with E-state index in [9.17, 15) is 4.79 Å². The number of amides is 1. The van der Waals surface area contributed by atoms with Crippen LogP contribution in [0.3, 0.4) is 0 Å². The molecule has 2 aromatic heterocycles. The topological polar surface area (TPSA) is 84.8 Å². The predicted molar refractivity (Wildman–Crippen MR) is 121 cm³/mol. The molecule has 2 N–H and O–H groups in total. The molecule has 9 heteroatoms. The fourth-order valence-electron chi connectivity index (χ4n) is 3.09. The molecule has 4 rings (SSSR count). The molecule has 0 spiro atoms. The molecule has 0 aliphatic heterocycles. The van der Waals surface area contributed by atoms with E-state index in [4.69, 9.17) is 27.9 Å². The van der Waals surface area contributed by atoms with Crippen molar-refractivity contribution in [2.45, 2.75) is 13.5 Å². The van der Waals surface area contributed by atoms with Crippen LogP contribution >= 0.6 is 23.2 Å². The Morgan fingerprint density at radius 2 is 2.00 bits per heavy atom. The van der Waals surface area contributed by atoms with Crippen molar-refractivity contribution < 1.29 is 9.53 Å². The number of hydrogen-bond donors (Lipinski definition) is 2. The zero-order valence-electron chi connectivity index (χ0n) is 16.8. The zero-order valence-corrected chi connectivity index (χ0v) is 18.3. The Balaban J connectivity index is 1.48. The summed E-state index contributed by atoms with van der Waals surface area (Å²) in [5.41, 5.74) is 3.57. The van der Waals surface area contributed by atoms with E-state index in [1.165, 1.54) is 0 Å². The number of halogens is 2. The summed E-state index contributed by atoms with van der Waals surface area (Å²) in [4.78, 5) is 12.7. The molecule has 2 aromatic carbocycles. The summed E-state index contributed by atoms with van der Waals surface area (Å²) in [6.07, 6.45) is 0. The van der Waals surface area contributed by atoms with Crippen molar-refractivity contribution >= 4 is 34.9 Å². The molecule has 0 bridgehead atoms. The molecule has 0 unspecified atom stereocenters. The van der Waals surface area contributed by atoms with Gasteiger partial charge in [-0.2, -0.15) is 10.2 Å². The Hall–Kier alpha value is -3.29. The van der Waals surface area contributed by atoms with Crippen LogP contribution in [0.4, 0.5) is 5.82 Å². The minimum atomic E-state index is -0.337. The second kappa shape index (κ2) is 8.83. The van der Waals surface area contributed by atoms with Gasteiger partial charge in [0.1, 0.15) is 11.4 Å². The van der Waals surface area contributed by atoms with Gasteiger partial charge in [0.2, 0.25) is 0 Å². The maximum absolute atomic E-state index is 12.7. The molecule has 158 valence electrons. The highest BCUT2D eigenvalue weighted by molar-refractivity contribution is 6.35. The van der Waals surface area contributed by atoms with Crippen LogP contribution in [0.2, 0.25) is 10.0 Å². The number of nitrogens with zero attached hydrogens (tertiary/aromatic N) is 3. The average molecular weight is 456 g/mol. The fraction of sp³-hybridized carbons (Fsp3) is 0.136. The number of carbonyl (C=O) groups is 1. The number of benzene rings is 2. The van der Waals surface area contributed by atoms with Gasteiger partial charge in [-0.3, -0.25) is 14.6 Å². The number of methoxy groups -OCH3 is 1. The lowest BCUT2D eigenvalue weighted by molar-refractivity contribution is 0.102. The van der Waals surface area contributed by atoms with E-state index in [0.717, 1.165) is 16.8 Å². The maximum atomic E-state index is 12.7. The van der Waals surface area contributed by atoms with Crippen molar-refractivity contribution in [2.24, 2.45) is 0 Å². The molecule has 0 saturated carbocycles. The first-order chi connectivity index (χ1) is 14.9. The van der Waals surface area contributed by atoms with E-state index >= 15 is 0 Å². The highest BCUT2D eigenvalue weighted by Crippen LogP contribution is 2.24. The van der Waals surface area contributed by atoms with E-state index in [2.05, 4.69) is 20.6 Å². The molecule has 2 heterocycles. The molecule has 0 fully saturated rings. The number of aromatic amines is 1. The molecule has 0 aliphatic carbocycles. The summed E-state index contributed by atoms with van der Waals surface area (Å²) in [5.74, 6) is 0.814. The van der Waals surface area contributed by atoms with Gasteiger partial charge in [0, 0.05) is 27.4 Å². The standard InChI is InChI=1S/C22H19Cl2N5O2/c1-13-8-21(28-29(13)12-15-6-7-16(23)10-18(15)24)25-22(30)20-11-19(26-27-20)14-4-3-5-17(9-14)31-2/h3-11H,12H2,1-2H3,(H,26,27)(H,25,28,30). The summed E-state index contributed by atoms with van der Waals surface area (Å²) < 4.78 is 7.00. The molecule has 0 atom stereocenters. The Labute approximate surface area is 188 Å². The Bertz CT molecular complexity index is 1250. The summed E-state index contributed by atoms with van der Waals surface area (Å²) in [5, 5.41) is 15.4. The van der Waals surface area contributed by atoms with Crippen LogP contribution in [0.1, 0.15) is 21.7 Å². The van der Waals surface area contributed by atoms with E-state index in [1.54, 1.807) is 36.1 Å². The lowest BCUT2D eigenvalue weighted by Gasteiger charge is -2.07. The lowest BCUT2D eigenvalue weighted by atomic mass is 10.1. The van der Waals surface area contributed by atoms with E-state index in [1.807, 2.05) is 37.3 Å². The largest absolute Gasteiger partial charge is 0.497 e. The molecule has 1 amide bonds. The first-order valence-electron chi connectivity index (χ1n) is 9.42. The first-order valence-corrected chi connectivity index (χ1v) is 10.2. The van der Waals surface area contributed by atoms with Gasteiger partial charge in [-0.1, -0.05) is 41.4 Å². The van der Waals surface area contributed by atoms with Crippen molar-refractivity contribution in [1.82, 2.24) is 20.0 Å². The minimum Gasteiger partial charge on any atom is -0.497 e. The number of aryl methyl sites for hydroxylation is 1. The van der Waals surface area contributed by atoms with Crippen molar-refractivity contribution in [3.05, 3.63) is 81.6 Å². The number of nitrogens with one attached hydrogen (secondary N) is 2. The van der Waals surface area contributed by atoms with Crippen molar-refractivity contribution in [1.29, 1.82) is 0 Å². The summed E-state index contributed by atoms with van der Waals surface area (Å²) >= 11 is 12.2. The van der Waals surface area contributed by atoms with Crippen molar-refractivity contribution in [2.75, 3.05) is 12.4 Å². The molecule has 0 saturated heterocycles. The Morgan fingerprint density at radius 1 is 1.16 bits per heavy atom. The zero-order chi connectivity index (χ0) is 22.0. The van der Waals surface area contributed by atoms with Gasteiger partial charge in [-0.15, -0.1) is 0 Å². The highest BCUT2D eigenvalue weighted by Gasteiger charge is 2.14. The first kappa shape index (κ1) is 21.0. The number of anilines is 1. The fourth-order valence-corrected chi connectivity index (χ4v) is 3.56. The van der Waals surface area contributed by atoms with E-state index in [-0.39, 0.29) is 5.91 Å². The smallest absolute Gasteiger partial charge is 0.274 e. The third-order valence-electron chi connectivity index (χ3n) is 4.75. The molecule has 0 aliphatic rings. The van der Waals surface area contributed by atoms with Crippen LogP contribution in [0.5, 0.6) is 5.75 Å². The van der Waals surface area contributed by atoms with Gasteiger partial charge < -0.3 is 10.1 Å². The number of rotatable bonds is 6. The van der Waals surface area contributed by atoms with Gasteiger partial charge in [-0.05, 0) is 42.8 Å². The molecule has 7 nitrogen and oxygen atoms in total. The van der Waals surface area contributed by atoms with Crippen LogP contribution in [0, 0.1) is 6.92 Å². The molecular formula is C22H19Cl2N5O2. The number of hydrogen-bond acceptors (Lipinski definition) is 4. The number of ether oxygens (including phenoxy) is 1. The monoisotopic (exact) mass is 455 g/mol. The van der Waals surface area contributed by atoms with Crippen molar-refractivity contribution in [3.8, 4) is 17.0 Å². The Kier molecular flexibility index (Phi) is 5.97. The Morgan fingerprint density at radius 3 is 2.77 bits per heavy atom. The average Bonchev–Trinajstić information content (AvgIpc) is 3.37. The highest BCUT2D eigenvalue weighted by atomic mass is 35.5. The minimum absolute atomic E-state index is 0.325. The van der Waals surface area contributed by atoms with E-state index in [0.29, 0.717) is 39.5 Å². The van der Waals surface area contributed by atoms with Crippen LogP contribution in [-0.4, -0.2) is 33.0 Å². The van der Waals surface area contributed by atoms with Gasteiger partial charge in [0.15, 0.2) is 5.82 Å². The summed E-state index contributed by atoms with van der Waals surface area (Å²) in [6, 6.07) is 16.3. The van der Waals surface area contributed by atoms with Crippen LogP contribution in [0.15, 0.2) is 54.6 Å². The normalized spacial score (nSPS) is 10.8. The van der Waals surface area contributed by atoms with Crippen LogP contribution in [-0.2, 0) is 6.54 Å². The molecule has 0 radical (unpaired) electrons.